The molecule has 6 heteroatoms. The van der Waals surface area contributed by atoms with E-state index in [-0.39, 0.29) is 5.56 Å². The number of rotatable bonds is 3. The van der Waals surface area contributed by atoms with Gasteiger partial charge in [-0.2, -0.15) is 0 Å². The Labute approximate surface area is 126 Å². The van der Waals surface area contributed by atoms with E-state index < -0.39 is 12.1 Å². The molecule has 1 atom stereocenters. The van der Waals surface area contributed by atoms with Crippen molar-refractivity contribution >= 4 is 27.5 Å². The Kier molecular flexibility index (Phi) is 4.27. The first-order chi connectivity index (χ1) is 9.79. The fourth-order valence-corrected chi connectivity index (χ4v) is 3.00. The molecule has 2 rings (SSSR count). The predicted molar refractivity (Wildman–Crippen MR) is 83.7 cm³/mol. The smallest absolute Gasteiger partial charge is 0.331 e. The number of aryl methyl sites for hydroxylation is 2. The molecule has 21 heavy (non-hydrogen) atoms. The minimum absolute atomic E-state index is 0.193. The SMILES string of the molecule is CC(C)=CC(=O)O[C@@H](C)c1nc2sc(C)c(C)c2c(=O)[nH]1. The molecular weight excluding hydrogens is 288 g/mol. The second-order valence-electron chi connectivity index (χ2n) is 5.22. The second-order valence-corrected chi connectivity index (χ2v) is 6.42. The maximum absolute atomic E-state index is 12.2. The summed E-state index contributed by atoms with van der Waals surface area (Å²) in [7, 11) is 0. The molecule has 1 N–H and O–H groups in total. The summed E-state index contributed by atoms with van der Waals surface area (Å²) in [6.45, 7) is 9.18. The Balaban J connectivity index is 2.37. The van der Waals surface area contributed by atoms with E-state index >= 15 is 0 Å². The number of fused-ring (bicyclic) bond motifs is 1. The molecule has 0 aromatic carbocycles. The highest BCUT2D eigenvalue weighted by Crippen LogP contribution is 2.26. The van der Waals surface area contributed by atoms with E-state index in [1.165, 1.54) is 17.4 Å². The molecule has 0 saturated carbocycles. The second kappa shape index (κ2) is 5.81. The number of aromatic nitrogens is 2. The monoisotopic (exact) mass is 306 g/mol. The number of ether oxygens (including phenoxy) is 1. The fourth-order valence-electron chi connectivity index (χ4n) is 1.96. The lowest BCUT2D eigenvalue weighted by atomic mass is 10.2. The van der Waals surface area contributed by atoms with Crippen molar-refractivity contribution < 1.29 is 9.53 Å². The van der Waals surface area contributed by atoms with Crippen molar-refractivity contribution in [2.75, 3.05) is 0 Å². The molecular formula is C15H18N2O3S. The van der Waals surface area contributed by atoms with Crippen LogP contribution in [0.1, 0.15) is 43.1 Å². The summed E-state index contributed by atoms with van der Waals surface area (Å²) in [4.78, 5) is 32.6. The van der Waals surface area contributed by atoms with Crippen LogP contribution in [0, 0.1) is 13.8 Å². The number of allylic oxidation sites excluding steroid dienone is 1. The average Bonchev–Trinajstić information content (AvgIpc) is 2.64. The number of nitrogens with one attached hydrogen (secondary N) is 1. The predicted octanol–water partition coefficient (Wildman–Crippen LogP) is 3.17. The number of thiophene rings is 1. The van der Waals surface area contributed by atoms with Crippen LogP contribution in [-0.4, -0.2) is 15.9 Å². The highest BCUT2D eigenvalue weighted by molar-refractivity contribution is 7.18. The standard InChI is InChI=1S/C15H18N2O3S/c1-7(2)6-11(18)20-9(4)13-16-14(19)12-8(3)10(5)21-15(12)17-13/h6,9H,1-5H3,(H,16,17,19)/t9-/m0/s1. The average molecular weight is 306 g/mol. The molecule has 2 aromatic heterocycles. The molecule has 2 aromatic rings. The number of aromatic amines is 1. The molecule has 0 fully saturated rings. The van der Waals surface area contributed by atoms with Gasteiger partial charge in [-0.1, -0.05) is 5.57 Å². The van der Waals surface area contributed by atoms with Crippen molar-refractivity contribution in [3.05, 3.63) is 38.3 Å². The maximum atomic E-state index is 12.2. The van der Waals surface area contributed by atoms with Crippen LogP contribution >= 0.6 is 11.3 Å². The molecule has 0 amide bonds. The highest BCUT2D eigenvalue weighted by atomic mass is 32.1. The van der Waals surface area contributed by atoms with Gasteiger partial charge in [-0.25, -0.2) is 9.78 Å². The van der Waals surface area contributed by atoms with E-state index in [9.17, 15) is 9.59 Å². The Morgan fingerprint density at radius 3 is 2.67 bits per heavy atom. The number of hydrogen-bond acceptors (Lipinski definition) is 5. The number of carbonyl (C=O) groups excluding carboxylic acids is 1. The summed E-state index contributed by atoms with van der Waals surface area (Å²) in [6.07, 6.45) is 0.806. The van der Waals surface area contributed by atoms with Gasteiger partial charge in [0.2, 0.25) is 0 Å². The number of nitrogens with zero attached hydrogens (tertiary/aromatic N) is 1. The van der Waals surface area contributed by atoms with Gasteiger partial charge < -0.3 is 9.72 Å². The Morgan fingerprint density at radius 2 is 2.05 bits per heavy atom. The van der Waals surface area contributed by atoms with Crippen LogP contribution in [0.4, 0.5) is 0 Å². The first kappa shape index (κ1) is 15.4. The minimum Gasteiger partial charge on any atom is -0.451 e. The summed E-state index contributed by atoms with van der Waals surface area (Å²) >= 11 is 1.47. The molecule has 0 aliphatic heterocycles. The van der Waals surface area contributed by atoms with Crippen LogP contribution < -0.4 is 5.56 Å². The first-order valence-corrected chi connectivity index (χ1v) is 7.46. The number of esters is 1. The quantitative estimate of drug-likeness (QED) is 0.698. The van der Waals surface area contributed by atoms with Crippen molar-refractivity contribution in [3.8, 4) is 0 Å². The summed E-state index contributed by atoms with van der Waals surface area (Å²) in [5.74, 6) is -0.0759. The Bertz CT molecular complexity index is 782. The van der Waals surface area contributed by atoms with E-state index in [0.717, 1.165) is 16.0 Å². The fraction of sp³-hybridized carbons (Fsp3) is 0.400. The highest BCUT2D eigenvalue weighted by Gasteiger charge is 2.17. The van der Waals surface area contributed by atoms with Gasteiger partial charge in [-0.05, 0) is 40.2 Å². The third kappa shape index (κ3) is 3.21. The largest absolute Gasteiger partial charge is 0.451 e. The number of hydrogen-bond donors (Lipinski definition) is 1. The number of carbonyl (C=O) groups is 1. The van der Waals surface area contributed by atoms with Crippen LogP contribution in [-0.2, 0) is 9.53 Å². The van der Waals surface area contributed by atoms with Crippen LogP contribution in [0.25, 0.3) is 10.2 Å². The molecule has 0 aliphatic carbocycles. The van der Waals surface area contributed by atoms with Crippen LogP contribution in [0.15, 0.2) is 16.4 Å². The summed E-state index contributed by atoms with van der Waals surface area (Å²) in [5.41, 5.74) is 1.61. The third-order valence-corrected chi connectivity index (χ3v) is 4.24. The van der Waals surface area contributed by atoms with E-state index in [0.29, 0.717) is 16.0 Å². The zero-order valence-corrected chi connectivity index (χ0v) is 13.6. The van der Waals surface area contributed by atoms with Crippen LogP contribution in [0.5, 0.6) is 0 Å². The molecule has 2 heterocycles. The van der Waals surface area contributed by atoms with Gasteiger partial charge in [-0.3, -0.25) is 4.79 Å². The van der Waals surface area contributed by atoms with Crippen molar-refractivity contribution in [3.63, 3.8) is 0 Å². The summed E-state index contributed by atoms with van der Waals surface area (Å²) < 4.78 is 5.24. The van der Waals surface area contributed by atoms with Crippen molar-refractivity contribution in [1.29, 1.82) is 0 Å². The summed E-state index contributed by atoms with van der Waals surface area (Å²) in [5, 5.41) is 0.615. The Hall–Kier alpha value is -1.95. The zero-order valence-electron chi connectivity index (χ0n) is 12.7. The molecule has 112 valence electrons. The first-order valence-electron chi connectivity index (χ1n) is 6.65. The third-order valence-electron chi connectivity index (χ3n) is 3.14. The molecule has 5 nitrogen and oxygen atoms in total. The lowest BCUT2D eigenvalue weighted by Crippen LogP contribution is -2.16. The molecule has 0 bridgehead atoms. The maximum Gasteiger partial charge on any atom is 0.331 e. The van der Waals surface area contributed by atoms with E-state index in [1.807, 2.05) is 27.7 Å². The molecule has 0 saturated heterocycles. The number of H-pyrrole nitrogens is 1. The molecule has 0 unspecified atom stereocenters. The van der Waals surface area contributed by atoms with Gasteiger partial charge in [0, 0.05) is 11.0 Å². The van der Waals surface area contributed by atoms with Gasteiger partial charge in [0.25, 0.3) is 5.56 Å². The topological polar surface area (TPSA) is 72.0 Å². The zero-order chi connectivity index (χ0) is 15.7. The van der Waals surface area contributed by atoms with E-state index in [2.05, 4.69) is 9.97 Å². The summed E-state index contributed by atoms with van der Waals surface area (Å²) in [6, 6.07) is 0. The van der Waals surface area contributed by atoms with Crippen molar-refractivity contribution in [2.45, 2.75) is 40.7 Å². The van der Waals surface area contributed by atoms with Gasteiger partial charge in [-0.15, -0.1) is 11.3 Å². The molecule has 0 radical (unpaired) electrons. The lowest BCUT2D eigenvalue weighted by Gasteiger charge is -2.11. The van der Waals surface area contributed by atoms with Crippen molar-refractivity contribution in [1.82, 2.24) is 9.97 Å². The van der Waals surface area contributed by atoms with Crippen LogP contribution in [0.3, 0.4) is 0 Å². The lowest BCUT2D eigenvalue weighted by molar-refractivity contribution is -0.142. The van der Waals surface area contributed by atoms with Gasteiger partial charge in [0.05, 0.1) is 5.39 Å². The van der Waals surface area contributed by atoms with E-state index in [4.69, 9.17) is 4.74 Å². The van der Waals surface area contributed by atoms with Gasteiger partial charge in [0.15, 0.2) is 11.9 Å². The minimum atomic E-state index is -0.604. The van der Waals surface area contributed by atoms with E-state index in [1.54, 1.807) is 6.92 Å². The molecule has 0 spiro atoms. The van der Waals surface area contributed by atoms with Gasteiger partial charge >= 0.3 is 5.97 Å². The van der Waals surface area contributed by atoms with Crippen molar-refractivity contribution in [2.24, 2.45) is 0 Å². The molecule has 0 aliphatic rings. The van der Waals surface area contributed by atoms with Crippen LogP contribution in [0.2, 0.25) is 0 Å². The van der Waals surface area contributed by atoms with Gasteiger partial charge in [0.1, 0.15) is 4.83 Å². The normalized spacial score (nSPS) is 12.2. The Morgan fingerprint density at radius 1 is 1.38 bits per heavy atom.